The van der Waals surface area contributed by atoms with Crippen LogP contribution in [0.15, 0.2) is 48.7 Å². The van der Waals surface area contributed by atoms with Crippen LogP contribution in [0.1, 0.15) is 28.9 Å². The molecular formula is C21H26N4O3. The maximum absolute atomic E-state index is 12.2. The molecule has 148 valence electrons. The van der Waals surface area contributed by atoms with E-state index in [1.165, 1.54) is 0 Å². The molecule has 7 nitrogen and oxygen atoms in total. The summed E-state index contributed by atoms with van der Waals surface area (Å²) in [5.74, 6) is 0.247. The second-order valence-corrected chi connectivity index (χ2v) is 6.85. The van der Waals surface area contributed by atoms with Crippen molar-refractivity contribution in [3.8, 4) is 5.75 Å². The molecule has 0 unspecified atom stereocenters. The molecule has 2 N–H and O–H groups in total. The minimum absolute atomic E-state index is 0.0288. The van der Waals surface area contributed by atoms with Gasteiger partial charge in [0.2, 0.25) is 5.91 Å². The summed E-state index contributed by atoms with van der Waals surface area (Å²) in [7, 11) is 1.57. The van der Waals surface area contributed by atoms with Crippen LogP contribution >= 0.6 is 0 Å². The first-order valence-electron chi connectivity index (χ1n) is 9.48. The molecule has 1 aliphatic rings. The van der Waals surface area contributed by atoms with Gasteiger partial charge in [-0.15, -0.1) is 0 Å². The molecule has 1 aliphatic heterocycles. The fourth-order valence-corrected chi connectivity index (χ4v) is 3.24. The topological polar surface area (TPSA) is 83.6 Å². The molecule has 0 radical (unpaired) electrons. The van der Waals surface area contributed by atoms with E-state index in [9.17, 15) is 9.59 Å². The zero-order chi connectivity index (χ0) is 19.8. The van der Waals surface area contributed by atoms with Crippen molar-refractivity contribution in [1.82, 2.24) is 20.5 Å². The van der Waals surface area contributed by atoms with Crippen molar-refractivity contribution < 1.29 is 14.3 Å². The lowest BCUT2D eigenvalue weighted by Crippen LogP contribution is -2.47. The largest absolute Gasteiger partial charge is 0.497 e. The summed E-state index contributed by atoms with van der Waals surface area (Å²) >= 11 is 0. The number of piperidine rings is 1. The SMILES string of the molecule is COc1ccc(C(=O)NCC(=O)NC2CCN(Cc3ccccn3)CC2)cc1. The Morgan fingerprint density at radius 3 is 2.54 bits per heavy atom. The van der Waals surface area contributed by atoms with Gasteiger partial charge in [-0.1, -0.05) is 6.07 Å². The predicted molar refractivity (Wildman–Crippen MR) is 106 cm³/mol. The van der Waals surface area contributed by atoms with Gasteiger partial charge >= 0.3 is 0 Å². The van der Waals surface area contributed by atoms with E-state index in [0.29, 0.717) is 11.3 Å². The molecule has 7 heteroatoms. The number of ether oxygens (including phenoxy) is 1. The van der Waals surface area contributed by atoms with Crippen LogP contribution in [0.4, 0.5) is 0 Å². The number of likely N-dealkylation sites (tertiary alicyclic amines) is 1. The highest BCUT2D eigenvalue weighted by molar-refractivity contribution is 5.96. The van der Waals surface area contributed by atoms with E-state index < -0.39 is 0 Å². The van der Waals surface area contributed by atoms with Gasteiger partial charge in [-0.3, -0.25) is 19.5 Å². The molecular weight excluding hydrogens is 356 g/mol. The number of aromatic nitrogens is 1. The Bertz CT molecular complexity index is 772. The van der Waals surface area contributed by atoms with Gasteiger partial charge in [0.05, 0.1) is 19.3 Å². The molecule has 1 fully saturated rings. The molecule has 0 bridgehead atoms. The van der Waals surface area contributed by atoms with Crippen molar-refractivity contribution in [3.63, 3.8) is 0 Å². The molecule has 0 aliphatic carbocycles. The number of rotatable bonds is 7. The van der Waals surface area contributed by atoms with E-state index in [1.54, 1.807) is 31.4 Å². The van der Waals surface area contributed by atoms with Crippen LogP contribution in [0.5, 0.6) is 5.75 Å². The minimum Gasteiger partial charge on any atom is -0.497 e. The van der Waals surface area contributed by atoms with Crippen LogP contribution in [0, 0.1) is 0 Å². The second kappa shape index (κ2) is 9.85. The van der Waals surface area contributed by atoms with E-state index in [4.69, 9.17) is 4.74 Å². The number of pyridine rings is 1. The third-order valence-corrected chi connectivity index (χ3v) is 4.83. The Morgan fingerprint density at radius 2 is 1.89 bits per heavy atom. The number of carbonyl (C=O) groups is 2. The molecule has 2 aromatic rings. The van der Waals surface area contributed by atoms with Gasteiger partial charge < -0.3 is 15.4 Å². The van der Waals surface area contributed by atoms with Crippen LogP contribution in [0.2, 0.25) is 0 Å². The van der Waals surface area contributed by atoms with Crippen LogP contribution in [0.25, 0.3) is 0 Å². The normalized spacial score (nSPS) is 15.0. The zero-order valence-electron chi connectivity index (χ0n) is 16.1. The number of nitrogens with zero attached hydrogens (tertiary/aromatic N) is 2. The maximum atomic E-state index is 12.2. The van der Waals surface area contributed by atoms with E-state index in [2.05, 4.69) is 20.5 Å². The summed E-state index contributed by atoms with van der Waals surface area (Å²) in [6.45, 7) is 2.64. The summed E-state index contributed by atoms with van der Waals surface area (Å²) < 4.78 is 5.07. The average molecular weight is 382 g/mol. The fourth-order valence-electron chi connectivity index (χ4n) is 3.24. The number of hydrogen-bond donors (Lipinski definition) is 2. The van der Waals surface area contributed by atoms with Crippen LogP contribution in [-0.2, 0) is 11.3 Å². The lowest BCUT2D eigenvalue weighted by molar-refractivity contribution is -0.121. The zero-order valence-corrected chi connectivity index (χ0v) is 16.1. The Labute approximate surface area is 165 Å². The molecule has 1 saturated heterocycles. The number of amides is 2. The van der Waals surface area contributed by atoms with Gasteiger partial charge in [0.25, 0.3) is 5.91 Å². The van der Waals surface area contributed by atoms with Gasteiger partial charge in [-0.2, -0.15) is 0 Å². The molecule has 1 aromatic carbocycles. The third kappa shape index (κ3) is 5.79. The van der Waals surface area contributed by atoms with Gasteiger partial charge in [0, 0.05) is 37.4 Å². The van der Waals surface area contributed by atoms with Gasteiger partial charge in [-0.25, -0.2) is 0 Å². The van der Waals surface area contributed by atoms with E-state index in [0.717, 1.165) is 38.2 Å². The third-order valence-electron chi connectivity index (χ3n) is 4.83. The van der Waals surface area contributed by atoms with E-state index in [1.807, 2.05) is 24.4 Å². The van der Waals surface area contributed by atoms with Crippen LogP contribution in [-0.4, -0.2) is 54.5 Å². The first kappa shape index (κ1) is 19.8. The van der Waals surface area contributed by atoms with Crippen LogP contribution < -0.4 is 15.4 Å². The van der Waals surface area contributed by atoms with E-state index in [-0.39, 0.29) is 24.4 Å². The highest BCUT2D eigenvalue weighted by Gasteiger charge is 2.21. The number of hydrogen-bond acceptors (Lipinski definition) is 5. The fraction of sp³-hybridized carbons (Fsp3) is 0.381. The summed E-state index contributed by atoms with van der Waals surface area (Å²) in [5.41, 5.74) is 1.56. The number of nitrogens with one attached hydrogen (secondary N) is 2. The average Bonchev–Trinajstić information content (AvgIpc) is 2.74. The Balaban J connectivity index is 1.36. The number of benzene rings is 1. The summed E-state index contributed by atoms with van der Waals surface area (Å²) in [4.78, 5) is 31.0. The highest BCUT2D eigenvalue weighted by atomic mass is 16.5. The molecule has 0 atom stereocenters. The molecule has 0 spiro atoms. The first-order chi connectivity index (χ1) is 13.6. The summed E-state index contributed by atoms with van der Waals surface area (Å²) in [6, 6.07) is 12.9. The standard InChI is InChI=1S/C21H26N4O3/c1-28-19-7-5-16(6-8-19)21(27)23-14-20(26)24-17-9-12-25(13-10-17)15-18-4-2-3-11-22-18/h2-8,11,17H,9-10,12-15H2,1H3,(H,23,27)(H,24,26). The Kier molecular flexibility index (Phi) is 6.97. The minimum atomic E-state index is -0.275. The quantitative estimate of drug-likeness (QED) is 0.760. The molecule has 2 amide bonds. The highest BCUT2D eigenvalue weighted by Crippen LogP contribution is 2.13. The maximum Gasteiger partial charge on any atom is 0.251 e. The Morgan fingerprint density at radius 1 is 1.14 bits per heavy atom. The van der Waals surface area contributed by atoms with Crippen molar-refractivity contribution in [1.29, 1.82) is 0 Å². The van der Waals surface area contributed by atoms with Crippen molar-refractivity contribution in [2.24, 2.45) is 0 Å². The van der Waals surface area contributed by atoms with Crippen molar-refractivity contribution >= 4 is 11.8 Å². The molecule has 28 heavy (non-hydrogen) atoms. The molecule has 1 aromatic heterocycles. The Hall–Kier alpha value is -2.93. The summed E-state index contributed by atoms with van der Waals surface area (Å²) in [6.07, 6.45) is 3.60. The lowest BCUT2D eigenvalue weighted by atomic mass is 10.0. The predicted octanol–water partition coefficient (Wildman–Crippen LogP) is 1.60. The van der Waals surface area contributed by atoms with Gasteiger partial charge in [0.1, 0.15) is 5.75 Å². The molecule has 0 saturated carbocycles. The van der Waals surface area contributed by atoms with Gasteiger partial charge in [0.15, 0.2) is 0 Å². The van der Waals surface area contributed by atoms with Crippen molar-refractivity contribution in [2.45, 2.75) is 25.4 Å². The second-order valence-electron chi connectivity index (χ2n) is 6.85. The summed E-state index contributed by atoms with van der Waals surface area (Å²) in [5, 5.41) is 5.67. The number of carbonyl (C=O) groups excluding carboxylic acids is 2. The smallest absolute Gasteiger partial charge is 0.251 e. The van der Waals surface area contributed by atoms with E-state index >= 15 is 0 Å². The molecule has 3 rings (SSSR count). The lowest BCUT2D eigenvalue weighted by Gasteiger charge is -2.32. The van der Waals surface area contributed by atoms with Gasteiger partial charge in [-0.05, 0) is 49.2 Å². The van der Waals surface area contributed by atoms with Crippen molar-refractivity contribution in [3.05, 3.63) is 59.9 Å². The monoisotopic (exact) mass is 382 g/mol. The first-order valence-corrected chi connectivity index (χ1v) is 9.48. The molecule has 2 heterocycles. The van der Waals surface area contributed by atoms with Crippen LogP contribution in [0.3, 0.4) is 0 Å². The van der Waals surface area contributed by atoms with Crippen molar-refractivity contribution in [2.75, 3.05) is 26.7 Å². The number of methoxy groups -OCH3 is 1.